The Bertz CT molecular complexity index is 223. The Hall–Kier alpha value is 0.454. The zero-order valence-electron chi connectivity index (χ0n) is 12.9. The minimum atomic E-state index is -1.89. The summed E-state index contributed by atoms with van der Waals surface area (Å²) >= 11 is 0. The van der Waals surface area contributed by atoms with E-state index in [0.717, 1.165) is 12.8 Å². The predicted molar refractivity (Wildman–Crippen MR) is 85.1 cm³/mol. The first-order valence-corrected chi connectivity index (χ1v) is 15.3. The van der Waals surface area contributed by atoms with Gasteiger partial charge in [0.05, 0.1) is 0 Å². The van der Waals surface area contributed by atoms with E-state index in [1.807, 2.05) is 0 Å². The van der Waals surface area contributed by atoms with Crippen molar-refractivity contribution in [2.24, 2.45) is 0 Å². The molecule has 0 amide bonds. The number of rotatable bonds is 10. The van der Waals surface area contributed by atoms with Crippen LogP contribution >= 0.6 is 8.25 Å². The van der Waals surface area contributed by atoms with Crippen LogP contribution in [-0.2, 0) is 13.6 Å². The van der Waals surface area contributed by atoms with E-state index >= 15 is 0 Å². The first-order chi connectivity index (χ1) is 8.10. The highest BCUT2D eigenvalue weighted by Crippen LogP contribution is 2.25. The fourth-order valence-corrected chi connectivity index (χ4v) is 4.56. The molecule has 0 fully saturated rings. The molecule has 6 heteroatoms. The zero-order valence-corrected chi connectivity index (χ0v) is 15.8. The van der Waals surface area contributed by atoms with Gasteiger partial charge in [-0.05, 0) is 12.8 Å². The molecule has 0 rings (SSSR count). The Morgan fingerprint density at radius 2 is 1.11 bits per heavy atom. The van der Waals surface area contributed by atoms with Crippen molar-refractivity contribution in [3.8, 4) is 0 Å². The van der Waals surface area contributed by atoms with E-state index in [1.165, 1.54) is 12.1 Å². The van der Waals surface area contributed by atoms with Crippen LogP contribution in [0.25, 0.3) is 0 Å². The van der Waals surface area contributed by atoms with E-state index in [4.69, 9.17) is 9.05 Å². The third kappa shape index (κ3) is 14.5. The van der Waals surface area contributed by atoms with Gasteiger partial charge in [0, 0.05) is 20.7 Å². The van der Waals surface area contributed by atoms with Crippen LogP contribution in [0.15, 0.2) is 0 Å². The van der Waals surface area contributed by atoms with Crippen LogP contribution in [0.1, 0.15) is 12.8 Å². The lowest BCUT2D eigenvalue weighted by atomic mass is 10.5. The normalized spacial score (nSPS) is 12.8. The topological polar surface area (TPSA) is 35.5 Å². The van der Waals surface area contributed by atoms with E-state index in [-0.39, 0.29) is 0 Å². The van der Waals surface area contributed by atoms with Gasteiger partial charge in [-0.25, -0.2) is 0 Å². The van der Waals surface area contributed by atoms with E-state index in [9.17, 15) is 4.57 Å². The summed E-state index contributed by atoms with van der Waals surface area (Å²) in [7, 11) is -3.88. The molecule has 0 heterocycles. The first-order valence-electron chi connectivity index (χ1n) is 6.83. The molecule has 0 aliphatic carbocycles. The van der Waals surface area contributed by atoms with Crippen LogP contribution < -0.4 is 0 Å². The van der Waals surface area contributed by atoms with Gasteiger partial charge in [-0.1, -0.05) is 51.4 Å². The quantitative estimate of drug-likeness (QED) is 0.319. The molecular formula is C12H30O3PSi2+. The molecule has 0 atom stereocenters. The van der Waals surface area contributed by atoms with Crippen molar-refractivity contribution in [2.75, 3.05) is 13.2 Å². The van der Waals surface area contributed by atoms with Crippen LogP contribution in [0.5, 0.6) is 0 Å². The Kier molecular flexibility index (Phi) is 8.81. The van der Waals surface area contributed by atoms with Crippen LogP contribution in [0.3, 0.4) is 0 Å². The zero-order chi connectivity index (χ0) is 14.2. The molecule has 0 N–H and O–H groups in total. The third-order valence-corrected chi connectivity index (χ3v) is 7.03. The Morgan fingerprint density at radius 3 is 1.39 bits per heavy atom. The number of hydrogen-bond donors (Lipinski definition) is 0. The molecule has 0 bridgehead atoms. The highest BCUT2D eigenvalue weighted by molar-refractivity contribution is 7.33. The fraction of sp³-hybridized carbons (Fsp3) is 1.00. The second kappa shape index (κ2) is 8.59. The molecule has 0 radical (unpaired) electrons. The summed E-state index contributed by atoms with van der Waals surface area (Å²) in [4.78, 5) is 0. The molecule has 18 heavy (non-hydrogen) atoms. The van der Waals surface area contributed by atoms with E-state index < -0.39 is 24.4 Å². The third-order valence-electron chi connectivity index (χ3n) is 2.54. The highest BCUT2D eigenvalue weighted by atomic mass is 31.1. The van der Waals surface area contributed by atoms with Crippen molar-refractivity contribution in [3.05, 3.63) is 0 Å². The maximum absolute atomic E-state index is 11.4. The summed E-state index contributed by atoms with van der Waals surface area (Å²) in [5.41, 5.74) is 0. The smallest absolute Gasteiger partial charge is 0.119 e. The molecular weight excluding hydrogens is 279 g/mol. The van der Waals surface area contributed by atoms with Gasteiger partial charge in [-0.15, -0.1) is 9.05 Å². The molecule has 0 saturated carbocycles. The number of hydrogen-bond acceptors (Lipinski definition) is 3. The lowest BCUT2D eigenvalue weighted by Crippen LogP contribution is -2.19. The van der Waals surface area contributed by atoms with Crippen molar-refractivity contribution in [3.63, 3.8) is 0 Å². The predicted octanol–water partition coefficient (Wildman–Crippen LogP) is 5.13. The van der Waals surface area contributed by atoms with Crippen LogP contribution in [0.4, 0.5) is 0 Å². The summed E-state index contributed by atoms with van der Waals surface area (Å²) in [6.45, 7) is 15.1. The van der Waals surface area contributed by atoms with Gasteiger partial charge in [0.15, 0.2) is 0 Å². The Morgan fingerprint density at radius 1 is 0.778 bits per heavy atom. The average Bonchev–Trinajstić information content (AvgIpc) is 2.17. The standard InChI is InChI=1S/C12H30O3PSi2/c1-17(2,3)11-7-9-14-16(13)15-10-8-12-18(4,5)6/h7-12H2,1-6H3/q+1. The Balaban J connectivity index is 3.44. The largest absolute Gasteiger partial charge is 0.697 e. The second-order valence-electron chi connectivity index (χ2n) is 7.22. The fourth-order valence-electron chi connectivity index (χ4n) is 1.52. The van der Waals surface area contributed by atoms with Gasteiger partial charge in [0.1, 0.15) is 13.2 Å². The van der Waals surface area contributed by atoms with Gasteiger partial charge < -0.3 is 0 Å². The summed E-state index contributed by atoms with van der Waals surface area (Å²) in [6, 6.07) is 2.43. The second-order valence-corrected chi connectivity index (χ2v) is 19.4. The summed E-state index contributed by atoms with van der Waals surface area (Å²) in [5.74, 6) is 0. The Labute approximate surface area is 116 Å². The molecule has 0 saturated heterocycles. The summed E-state index contributed by atoms with van der Waals surface area (Å²) in [5, 5.41) is 0. The molecule has 3 nitrogen and oxygen atoms in total. The van der Waals surface area contributed by atoms with E-state index in [0.29, 0.717) is 13.2 Å². The molecule has 0 spiro atoms. The average molecular weight is 310 g/mol. The molecule has 0 aromatic carbocycles. The van der Waals surface area contributed by atoms with E-state index in [2.05, 4.69) is 39.3 Å². The molecule has 0 aliphatic heterocycles. The maximum Gasteiger partial charge on any atom is 0.697 e. The maximum atomic E-state index is 11.4. The van der Waals surface area contributed by atoms with Gasteiger partial charge in [-0.2, -0.15) is 0 Å². The monoisotopic (exact) mass is 309 g/mol. The summed E-state index contributed by atoms with van der Waals surface area (Å²) < 4.78 is 21.8. The van der Waals surface area contributed by atoms with Crippen molar-refractivity contribution in [1.82, 2.24) is 0 Å². The highest BCUT2D eigenvalue weighted by Gasteiger charge is 2.21. The van der Waals surface area contributed by atoms with Crippen molar-refractivity contribution in [2.45, 2.75) is 64.2 Å². The van der Waals surface area contributed by atoms with E-state index in [1.54, 1.807) is 0 Å². The lowest BCUT2D eigenvalue weighted by molar-refractivity contribution is 0.226. The molecule has 0 aliphatic rings. The van der Waals surface area contributed by atoms with Crippen LogP contribution in [0, 0.1) is 0 Å². The molecule has 0 unspecified atom stereocenters. The lowest BCUT2D eigenvalue weighted by Gasteiger charge is -2.13. The molecule has 0 aromatic rings. The van der Waals surface area contributed by atoms with Crippen LogP contribution in [0.2, 0.25) is 51.4 Å². The van der Waals surface area contributed by atoms with Gasteiger partial charge in [0.2, 0.25) is 0 Å². The molecule has 108 valence electrons. The van der Waals surface area contributed by atoms with Gasteiger partial charge in [-0.3, -0.25) is 0 Å². The SMILES string of the molecule is C[Si](C)(C)CCCO[P+](=O)OCCC[Si](C)(C)C. The first kappa shape index (κ1) is 18.5. The minimum absolute atomic E-state index is 0.563. The van der Waals surface area contributed by atoms with Crippen LogP contribution in [-0.4, -0.2) is 29.4 Å². The van der Waals surface area contributed by atoms with Gasteiger partial charge >= 0.3 is 8.25 Å². The molecule has 0 aromatic heterocycles. The van der Waals surface area contributed by atoms with Gasteiger partial charge in [0.25, 0.3) is 0 Å². The summed E-state index contributed by atoms with van der Waals surface area (Å²) in [6.07, 6.45) is 1.99. The minimum Gasteiger partial charge on any atom is -0.119 e. The van der Waals surface area contributed by atoms with Crippen molar-refractivity contribution in [1.29, 1.82) is 0 Å². The van der Waals surface area contributed by atoms with Crippen molar-refractivity contribution < 1.29 is 13.6 Å². The van der Waals surface area contributed by atoms with Crippen molar-refractivity contribution >= 4 is 24.4 Å².